The Morgan fingerprint density at radius 3 is 2.37 bits per heavy atom. The monoisotopic (exact) mass is 451 g/mol. The molecule has 0 saturated heterocycles. The Balaban J connectivity index is 2.01. The molecule has 0 spiro atoms. The molecule has 0 aliphatic rings. The molecule has 158 valence electrons. The van der Waals surface area contributed by atoms with Gasteiger partial charge in [0.2, 0.25) is 0 Å². The Labute approximate surface area is 176 Å². The molecule has 0 aliphatic heterocycles. The zero-order valence-corrected chi connectivity index (χ0v) is 17.4. The third kappa shape index (κ3) is 5.05. The van der Waals surface area contributed by atoms with Gasteiger partial charge in [0.05, 0.1) is 36.2 Å². The first-order valence-corrected chi connectivity index (χ1v) is 10.5. The lowest BCUT2D eigenvalue weighted by Crippen LogP contribution is -1.99. The van der Waals surface area contributed by atoms with Crippen molar-refractivity contribution >= 4 is 50.0 Å². The summed E-state index contributed by atoms with van der Waals surface area (Å²) in [5, 5.41) is 23.8. The average molecular weight is 451 g/mol. The fourth-order valence-electron chi connectivity index (χ4n) is 2.73. The Kier molecular flexibility index (Phi) is 6.87. The van der Waals surface area contributed by atoms with Crippen LogP contribution in [0, 0.1) is 0 Å². The van der Waals surface area contributed by atoms with Crippen LogP contribution in [0.2, 0.25) is 0 Å². The Bertz CT molecular complexity index is 1200. The molecule has 3 aromatic carbocycles. The van der Waals surface area contributed by atoms with Crippen LogP contribution >= 0.6 is 12.0 Å². The van der Waals surface area contributed by atoms with E-state index >= 15 is 0 Å². The minimum Gasteiger partial charge on any atom is -0.495 e. The van der Waals surface area contributed by atoms with Crippen LogP contribution in [0.1, 0.15) is 0 Å². The van der Waals surface area contributed by atoms with Crippen molar-refractivity contribution in [1.82, 2.24) is 0 Å². The number of nitrogens with zero attached hydrogens (tertiary/aromatic N) is 2. The zero-order chi connectivity index (χ0) is 21.7. The van der Waals surface area contributed by atoms with E-state index in [9.17, 15) is 13.0 Å². The van der Waals surface area contributed by atoms with Crippen molar-refractivity contribution in [3.63, 3.8) is 0 Å². The lowest BCUT2D eigenvalue weighted by atomic mass is 10.1. The number of anilines is 1. The van der Waals surface area contributed by atoms with Gasteiger partial charge in [-0.2, -0.15) is 18.6 Å². The van der Waals surface area contributed by atoms with E-state index < -0.39 is 10.1 Å². The maximum absolute atomic E-state index is 11.8. The number of benzene rings is 3. The van der Waals surface area contributed by atoms with Crippen molar-refractivity contribution in [3.8, 4) is 5.75 Å². The van der Waals surface area contributed by atoms with Crippen molar-refractivity contribution in [1.29, 1.82) is 0 Å². The summed E-state index contributed by atoms with van der Waals surface area (Å²) < 4.78 is 42.9. The van der Waals surface area contributed by atoms with E-state index in [0.29, 0.717) is 34.6 Å². The van der Waals surface area contributed by atoms with E-state index in [1.807, 2.05) is 0 Å². The first-order valence-electron chi connectivity index (χ1n) is 8.33. The van der Waals surface area contributed by atoms with Crippen LogP contribution < -0.4 is 10.1 Å². The van der Waals surface area contributed by atoms with Crippen LogP contribution in [-0.4, -0.2) is 32.4 Å². The smallest absolute Gasteiger partial charge is 0.295 e. The number of azo groups is 1. The molecule has 3 N–H and O–H groups in total. The molecule has 0 fully saturated rings. The van der Waals surface area contributed by atoms with Gasteiger partial charge in [0.15, 0.2) is 0 Å². The van der Waals surface area contributed by atoms with Crippen LogP contribution in [0.4, 0.5) is 17.1 Å². The molecule has 0 saturated carbocycles. The molecule has 0 amide bonds. The maximum atomic E-state index is 11.8. The number of hydrogen-bond acceptors (Lipinski definition) is 10. The number of hydrogen-bond donors (Lipinski definition) is 3. The van der Waals surface area contributed by atoms with Crippen LogP contribution in [0.25, 0.3) is 10.8 Å². The van der Waals surface area contributed by atoms with Gasteiger partial charge in [-0.1, -0.05) is 11.1 Å². The topological polar surface area (TPSA) is 139 Å². The van der Waals surface area contributed by atoms with Crippen LogP contribution in [0.3, 0.4) is 0 Å². The Morgan fingerprint density at radius 2 is 1.73 bits per heavy atom. The van der Waals surface area contributed by atoms with Crippen molar-refractivity contribution in [3.05, 3.63) is 48.5 Å². The average Bonchev–Trinajstić information content (AvgIpc) is 2.74. The predicted octanol–water partition coefficient (Wildman–Crippen LogP) is 4.98. The highest BCUT2D eigenvalue weighted by Gasteiger charge is 2.17. The highest BCUT2D eigenvalue weighted by molar-refractivity contribution is 7.94. The SMILES string of the molecule is CNc1ccc(N=Nc2ccc3cc(SOOO)cc(S(=O)(=O)O)c3c2)cc1OC. The van der Waals surface area contributed by atoms with E-state index in [4.69, 9.17) is 9.99 Å². The molecule has 0 unspecified atom stereocenters. The Hall–Kier alpha value is -2.74. The van der Waals surface area contributed by atoms with Gasteiger partial charge in [-0.15, -0.1) is 4.33 Å². The number of nitrogens with one attached hydrogen (secondary N) is 1. The summed E-state index contributed by atoms with van der Waals surface area (Å²) in [7, 11) is -1.23. The highest BCUT2D eigenvalue weighted by Crippen LogP contribution is 2.34. The number of fused-ring (bicyclic) bond motifs is 1. The summed E-state index contributed by atoms with van der Waals surface area (Å²) in [6.07, 6.45) is 0. The molecule has 3 rings (SSSR count). The largest absolute Gasteiger partial charge is 0.495 e. The molecular formula is C18H17N3O7S2. The summed E-state index contributed by atoms with van der Waals surface area (Å²) in [5.74, 6) is 0.597. The van der Waals surface area contributed by atoms with E-state index in [1.54, 1.807) is 50.6 Å². The van der Waals surface area contributed by atoms with Gasteiger partial charge >= 0.3 is 0 Å². The van der Waals surface area contributed by atoms with E-state index in [2.05, 4.69) is 24.9 Å². The number of methoxy groups -OCH3 is 1. The molecular weight excluding hydrogens is 434 g/mol. The van der Waals surface area contributed by atoms with E-state index in [1.165, 1.54) is 12.1 Å². The molecule has 0 aromatic heterocycles. The number of rotatable bonds is 8. The first kappa shape index (κ1) is 22.0. The first-order chi connectivity index (χ1) is 14.4. The molecule has 3 aromatic rings. The lowest BCUT2D eigenvalue weighted by molar-refractivity contribution is -0.432. The minimum absolute atomic E-state index is 0.242. The van der Waals surface area contributed by atoms with Gasteiger partial charge < -0.3 is 10.1 Å². The summed E-state index contributed by atoms with van der Waals surface area (Å²) >= 11 is 0.577. The normalized spacial score (nSPS) is 11.9. The van der Waals surface area contributed by atoms with Crippen molar-refractivity contribution in [2.45, 2.75) is 9.79 Å². The van der Waals surface area contributed by atoms with E-state index in [0.717, 1.165) is 5.69 Å². The standard InChI is InChI=1S/C18H17N3O7S2/c1-19-16-6-5-13(9-17(16)26-2)21-20-12-4-3-11-7-14(29-28-27-22)10-18(15(11)8-12)30(23,24)25/h3-10,19,22H,1-2H3,(H,23,24,25). The second-order valence-electron chi connectivity index (χ2n) is 5.86. The molecule has 0 bridgehead atoms. The summed E-state index contributed by atoms with van der Waals surface area (Å²) in [4.78, 5) is -0.0589. The summed E-state index contributed by atoms with van der Waals surface area (Å²) in [6.45, 7) is 0. The van der Waals surface area contributed by atoms with E-state index in [-0.39, 0.29) is 15.2 Å². The number of ether oxygens (including phenoxy) is 1. The summed E-state index contributed by atoms with van der Waals surface area (Å²) in [6, 6.07) is 12.8. The predicted molar refractivity (Wildman–Crippen MR) is 111 cm³/mol. The fourth-order valence-corrected chi connectivity index (χ4v) is 3.98. The van der Waals surface area contributed by atoms with Crippen molar-refractivity contribution < 1.29 is 32.3 Å². The maximum Gasteiger partial charge on any atom is 0.295 e. The van der Waals surface area contributed by atoms with Gasteiger partial charge in [-0.05, 0) is 41.8 Å². The van der Waals surface area contributed by atoms with Crippen LogP contribution in [0.5, 0.6) is 5.75 Å². The Morgan fingerprint density at radius 1 is 1.03 bits per heavy atom. The molecule has 30 heavy (non-hydrogen) atoms. The second kappa shape index (κ2) is 9.38. The van der Waals surface area contributed by atoms with Gasteiger partial charge in [0, 0.05) is 23.4 Å². The lowest BCUT2D eigenvalue weighted by Gasteiger charge is -2.08. The highest BCUT2D eigenvalue weighted by atomic mass is 32.2. The molecule has 0 radical (unpaired) electrons. The quantitative estimate of drug-likeness (QED) is 0.142. The molecule has 0 heterocycles. The third-order valence-electron chi connectivity index (χ3n) is 4.05. The molecule has 10 nitrogen and oxygen atoms in total. The molecule has 0 atom stereocenters. The minimum atomic E-state index is -4.55. The van der Waals surface area contributed by atoms with Crippen molar-refractivity contribution in [2.75, 3.05) is 19.5 Å². The van der Waals surface area contributed by atoms with Crippen LogP contribution in [0.15, 0.2) is 68.6 Å². The van der Waals surface area contributed by atoms with Gasteiger partial charge in [-0.25, -0.2) is 5.26 Å². The van der Waals surface area contributed by atoms with Gasteiger partial charge in [-0.3, -0.25) is 4.55 Å². The second-order valence-corrected chi connectivity index (χ2v) is 8.03. The van der Waals surface area contributed by atoms with Crippen molar-refractivity contribution in [2.24, 2.45) is 10.2 Å². The third-order valence-corrected chi connectivity index (χ3v) is 5.50. The fraction of sp³-hybridized carbons (Fsp3) is 0.111. The van der Waals surface area contributed by atoms with Crippen LogP contribution in [-0.2, 0) is 19.5 Å². The van der Waals surface area contributed by atoms with Gasteiger partial charge in [0.25, 0.3) is 10.1 Å². The van der Waals surface area contributed by atoms with Gasteiger partial charge in [0.1, 0.15) is 10.6 Å². The summed E-state index contributed by atoms with van der Waals surface area (Å²) in [5.41, 5.74) is 1.71. The zero-order valence-electron chi connectivity index (χ0n) is 15.8. The molecule has 12 heteroatoms. The molecule has 0 aliphatic carbocycles.